The van der Waals surface area contributed by atoms with Gasteiger partial charge in [-0.3, -0.25) is 9.59 Å². The van der Waals surface area contributed by atoms with E-state index in [-0.39, 0.29) is 12.0 Å². The van der Waals surface area contributed by atoms with E-state index in [1.54, 1.807) is 30.3 Å². The first-order valence-electron chi connectivity index (χ1n) is 7.38. The molecule has 0 aliphatic heterocycles. The smallest absolute Gasteiger partial charge is 0.416 e. The number of hydrogen-bond acceptors (Lipinski definition) is 2. The Morgan fingerprint density at radius 1 is 0.800 bits per heavy atom. The average Bonchev–Trinajstić information content (AvgIpc) is 2.55. The molecule has 2 unspecified atom stereocenters. The third-order valence-electron chi connectivity index (χ3n) is 3.91. The van der Waals surface area contributed by atoms with Crippen molar-refractivity contribution < 1.29 is 33.0 Å². The Labute approximate surface area is 141 Å². The molecule has 0 aliphatic rings. The standard InChI is InChI=1S/C18H15F3O4/c19-18(20,21)13-8-6-12(7-9-13)15(17(24)25)10-14(16(22)23)11-4-2-1-3-5-11/h1-9,14-15H,10H2,(H,22,23)(H,24,25). The second-order valence-electron chi connectivity index (χ2n) is 5.55. The van der Waals surface area contributed by atoms with Crippen molar-refractivity contribution in [1.29, 1.82) is 0 Å². The van der Waals surface area contributed by atoms with Crippen LogP contribution in [0.3, 0.4) is 0 Å². The highest BCUT2D eigenvalue weighted by molar-refractivity contribution is 5.80. The van der Waals surface area contributed by atoms with Crippen molar-refractivity contribution in [3.63, 3.8) is 0 Å². The lowest BCUT2D eigenvalue weighted by Gasteiger charge is -2.19. The highest BCUT2D eigenvalue weighted by atomic mass is 19.4. The molecule has 0 saturated heterocycles. The van der Waals surface area contributed by atoms with Crippen molar-refractivity contribution in [1.82, 2.24) is 0 Å². The fourth-order valence-electron chi connectivity index (χ4n) is 2.58. The largest absolute Gasteiger partial charge is 0.481 e. The highest BCUT2D eigenvalue weighted by Gasteiger charge is 2.32. The van der Waals surface area contributed by atoms with E-state index in [9.17, 15) is 33.0 Å². The Balaban J connectivity index is 2.31. The summed E-state index contributed by atoms with van der Waals surface area (Å²) in [5.41, 5.74) is -0.325. The quantitative estimate of drug-likeness (QED) is 0.820. The van der Waals surface area contributed by atoms with Crippen LogP contribution < -0.4 is 0 Å². The van der Waals surface area contributed by atoms with Crippen molar-refractivity contribution in [3.8, 4) is 0 Å². The van der Waals surface area contributed by atoms with Gasteiger partial charge in [0, 0.05) is 0 Å². The van der Waals surface area contributed by atoms with Crippen LogP contribution in [0.1, 0.15) is 34.9 Å². The fourth-order valence-corrected chi connectivity index (χ4v) is 2.58. The molecule has 0 bridgehead atoms. The predicted octanol–water partition coefficient (Wildman–Crippen LogP) is 4.13. The molecule has 0 aliphatic carbocycles. The van der Waals surface area contributed by atoms with E-state index in [0.29, 0.717) is 5.56 Å². The van der Waals surface area contributed by atoms with Crippen molar-refractivity contribution in [2.45, 2.75) is 24.4 Å². The Hall–Kier alpha value is -2.83. The fraction of sp³-hybridized carbons (Fsp3) is 0.222. The summed E-state index contributed by atoms with van der Waals surface area (Å²) in [6, 6.07) is 11.9. The summed E-state index contributed by atoms with van der Waals surface area (Å²) in [7, 11) is 0. The van der Waals surface area contributed by atoms with Crippen molar-refractivity contribution in [2.24, 2.45) is 0 Å². The first-order chi connectivity index (χ1) is 11.7. The summed E-state index contributed by atoms with van der Waals surface area (Å²) < 4.78 is 37.9. The van der Waals surface area contributed by atoms with E-state index < -0.39 is 35.5 Å². The average molecular weight is 352 g/mol. The maximum Gasteiger partial charge on any atom is 0.416 e. The molecule has 0 radical (unpaired) electrons. The van der Waals surface area contributed by atoms with Gasteiger partial charge >= 0.3 is 18.1 Å². The van der Waals surface area contributed by atoms with Crippen LogP contribution in [0.4, 0.5) is 13.2 Å². The molecule has 132 valence electrons. The zero-order valence-corrected chi connectivity index (χ0v) is 12.9. The minimum Gasteiger partial charge on any atom is -0.481 e. The molecule has 0 fully saturated rings. The van der Waals surface area contributed by atoms with E-state index in [1.165, 1.54) is 0 Å². The maximum atomic E-state index is 12.6. The first-order valence-corrected chi connectivity index (χ1v) is 7.38. The molecule has 0 aromatic heterocycles. The number of carbonyl (C=O) groups is 2. The molecule has 0 heterocycles. The maximum absolute atomic E-state index is 12.6. The van der Waals surface area contributed by atoms with Crippen LogP contribution in [0.5, 0.6) is 0 Å². The summed E-state index contributed by atoms with van der Waals surface area (Å²) in [5.74, 6) is -4.79. The van der Waals surface area contributed by atoms with E-state index in [0.717, 1.165) is 24.3 Å². The van der Waals surface area contributed by atoms with Crippen molar-refractivity contribution in [3.05, 3.63) is 71.3 Å². The number of alkyl halides is 3. The minimum atomic E-state index is -4.52. The summed E-state index contributed by atoms with van der Waals surface area (Å²) in [6.45, 7) is 0. The monoisotopic (exact) mass is 352 g/mol. The SMILES string of the molecule is O=C(O)C(CC(C(=O)O)c1ccc(C(F)(F)F)cc1)c1ccccc1. The molecule has 25 heavy (non-hydrogen) atoms. The number of benzene rings is 2. The van der Waals surface area contributed by atoms with Crippen LogP contribution in [-0.2, 0) is 15.8 Å². The van der Waals surface area contributed by atoms with Gasteiger partial charge in [0.05, 0.1) is 17.4 Å². The second-order valence-corrected chi connectivity index (χ2v) is 5.55. The van der Waals surface area contributed by atoms with E-state index >= 15 is 0 Å². The van der Waals surface area contributed by atoms with Gasteiger partial charge in [-0.1, -0.05) is 42.5 Å². The number of rotatable bonds is 6. The Bertz CT molecular complexity index is 739. The normalized spacial score (nSPS) is 13.9. The van der Waals surface area contributed by atoms with Gasteiger partial charge in [-0.15, -0.1) is 0 Å². The molecule has 7 heteroatoms. The Morgan fingerprint density at radius 2 is 1.24 bits per heavy atom. The molecular formula is C18H15F3O4. The van der Waals surface area contributed by atoms with Crippen LogP contribution in [-0.4, -0.2) is 22.2 Å². The van der Waals surface area contributed by atoms with Gasteiger partial charge in [-0.2, -0.15) is 13.2 Å². The molecule has 2 aromatic rings. The van der Waals surface area contributed by atoms with Gasteiger partial charge in [0.2, 0.25) is 0 Å². The number of aliphatic carboxylic acids is 2. The van der Waals surface area contributed by atoms with Gasteiger partial charge in [-0.25, -0.2) is 0 Å². The minimum absolute atomic E-state index is 0.127. The molecule has 2 rings (SSSR count). The zero-order valence-electron chi connectivity index (χ0n) is 12.9. The van der Waals surface area contributed by atoms with E-state index in [1.807, 2.05) is 0 Å². The third-order valence-corrected chi connectivity index (χ3v) is 3.91. The van der Waals surface area contributed by atoms with Crippen LogP contribution in [0, 0.1) is 0 Å². The topological polar surface area (TPSA) is 74.6 Å². The van der Waals surface area contributed by atoms with Crippen molar-refractivity contribution in [2.75, 3.05) is 0 Å². The third kappa shape index (κ3) is 4.59. The molecule has 0 spiro atoms. The lowest BCUT2D eigenvalue weighted by molar-refractivity contribution is -0.141. The van der Waals surface area contributed by atoms with Gasteiger partial charge in [-0.05, 0) is 29.7 Å². The predicted molar refractivity (Wildman–Crippen MR) is 83.3 cm³/mol. The second kappa shape index (κ2) is 7.38. The van der Waals surface area contributed by atoms with Crippen molar-refractivity contribution >= 4 is 11.9 Å². The molecule has 2 aromatic carbocycles. The summed E-state index contributed by atoms with van der Waals surface area (Å²) in [6.07, 6.45) is -4.79. The number of carboxylic acids is 2. The summed E-state index contributed by atoms with van der Waals surface area (Å²) >= 11 is 0. The zero-order chi connectivity index (χ0) is 18.6. The molecule has 0 saturated carbocycles. The lowest BCUT2D eigenvalue weighted by atomic mass is 9.85. The summed E-state index contributed by atoms with van der Waals surface area (Å²) in [4.78, 5) is 23.1. The Kier molecular flexibility index (Phi) is 5.46. The Morgan fingerprint density at radius 3 is 1.64 bits per heavy atom. The van der Waals surface area contributed by atoms with Gasteiger partial charge < -0.3 is 10.2 Å². The first kappa shape index (κ1) is 18.5. The van der Waals surface area contributed by atoms with E-state index in [2.05, 4.69) is 0 Å². The number of carboxylic acid groups (broad SMARTS) is 2. The van der Waals surface area contributed by atoms with Crippen LogP contribution in [0.25, 0.3) is 0 Å². The molecular weight excluding hydrogens is 337 g/mol. The van der Waals surface area contributed by atoms with E-state index in [4.69, 9.17) is 0 Å². The van der Waals surface area contributed by atoms with Crippen LogP contribution in [0.15, 0.2) is 54.6 Å². The summed E-state index contributed by atoms with van der Waals surface area (Å²) in [5, 5.41) is 18.8. The molecule has 0 amide bonds. The highest BCUT2D eigenvalue weighted by Crippen LogP contribution is 2.33. The molecule has 4 nitrogen and oxygen atoms in total. The molecule has 2 atom stereocenters. The van der Waals surface area contributed by atoms with Gasteiger partial charge in [0.25, 0.3) is 0 Å². The van der Waals surface area contributed by atoms with Gasteiger partial charge in [0.1, 0.15) is 0 Å². The van der Waals surface area contributed by atoms with Crippen LogP contribution >= 0.6 is 0 Å². The number of hydrogen-bond donors (Lipinski definition) is 2. The number of halogens is 3. The lowest BCUT2D eigenvalue weighted by Crippen LogP contribution is -2.20. The van der Waals surface area contributed by atoms with Crippen LogP contribution in [0.2, 0.25) is 0 Å². The van der Waals surface area contributed by atoms with Gasteiger partial charge in [0.15, 0.2) is 0 Å². The molecule has 2 N–H and O–H groups in total.